The third-order valence-corrected chi connectivity index (χ3v) is 6.53. The molecule has 0 saturated heterocycles. The summed E-state index contributed by atoms with van der Waals surface area (Å²) in [5, 5.41) is 4.11. The van der Waals surface area contributed by atoms with E-state index in [2.05, 4.69) is 11.4 Å². The standard InChI is InChI=1S/C25H27N3O2S/c1-18-9-5-8-14-22(18)28-24(30)20-12-6-7-13-21(20)27-25(28)31-17-23(29)26-16-15-19-10-3-2-4-11-19/h5-10,12-14H,2-4,11,15-17H2,1H3,(H,26,29). The molecule has 4 rings (SSSR count). The zero-order valence-corrected chi connectivity index (χ0v) is 18.6. The van der Waals surface area contributed by atoms with E-state index in [0.717, 1.165) is 30.5 Å². The monoisotopic (exact) mass is 433 g/mol. The van der Waals surface area contributed by atoms with Gasteiger partial charge in [0.1, 0.15) is 0 Å². The number of carbonyl (C=O) groups excluding carboxylic acids is 1. The first-order chi connectivity index (χ1) is 15.1. The van der Waals surface area contributed by atoms with Crippen molar-refractivity contribution in [3.05, 3.63) is 76.1 Å². The topological polar surface area (TPSA) is 64.0 Å². The van der Waals surface area contributed by atoms with Crippen LogP contribution in [0.15, 0.2) is 70.1 Å². The van der Waals surface area contributed by atoms with Crippen LogP contribution in [0.4, 0.5) is 0 Å². The molecule has 0 spiro atoms. The van der Waals surface area contributed by atoms with Gasteiger partial charge in [-0.15, -0.1) is 0 Å². The van der Waals surface area contributed by atoms with Gasteiger partial charge in [-0.25, -0.2) is 4.98 Å². The lowest BCUT2D eigenvalue weighted by Crippen LogP contribution is -2.27. The van der Waals surface area contributed by atoms with Crippen molar-refractivity contribution in [2.24, 2.45) is 0 Å². The molecule has 1 amide bonds. The number of fused-ring (bicyclic) bond motifs is 1. The molecule has 1 aliphatic carbocycles. The number of thioether (sulfide) groups is 1. The Kier molecular flexibility index (Phi) is 6.87. The first kappa shape index (κ1) is 21.4. The van der Waals surface area contributed by atoms with Crippen LogP contribution in [-0.2, 0) is 4.79 Å². The van der Waals surface area contributed by atoms with Crippen molar-refractivity contribution in [1.82, 2.24) is 14.9 Å². The molecule has 1 aliphatic rings. The summed E-state index contributed by atoms with van der Waals surface area (Å²) in [5.41, 5.74) is 3.74. The van der Waals surface area contributed by atoms with Crippen LogP contribution in [0, 0.1) is 6.92 Å². The van der Waals surface area contributed by atoms with Gasteiger partial charge in [0, 0.05) is 6.54 Å². The van der Waals surface area contributed by atoms with Crippen molar-refractivity contribution in [1.29, 1.82) is 0 Å². The van der Waals surface area contributed by atoms with Crippen LogP contribution >= 0.6 is 11.8 Å². The highest BCUT2D eigenvalue weighted by atomic mass is 32.2. The highest BCUT2D eigenvalue weighted by Gasteiger charge is 2.16. The Morgan fingerprint density at radius 2 is 1.94 bits per heavy atom. The summed E-state index contributed by atoms with van der Waals surface area (Å²) in [6.07, 6.45) is 8.05. The SMILES string of the molecule is Cc1ccccc1-n1c(SCC(=O)NCCC2=CCCCC2)nc2ccccc2c1=O. The number of aromatic nitrogens is 2. The molecule has 31 heavy (non-hydrogen) atoms. The van der Waals surface area contributed by atoms with Gasteiger partial charge >= 0.3 is 0 Å². The van der Waals surface area contributed by atoms with Crippen molar-refractivity contribution in [2.45, 2.75) is 44.2 Å². The summed E-state index contributed by atoms with van der Waals surface area (Å²) in [7, 11) is 0. The van der Waals surface area contributed by atoms with E-state index in [1.165, 1.54) is 30.2 Å². The molecule has 0 bridgehead atoms. The number of nitrogens with one attached hydrogen (secondary N) is 1. The molecule has 3 aromatic rings. The summed E-state index contributed by atoms with van der Waals surface area (Å²) in [6.45, 7) is 2.62. The van der Waals surface area contributed by atoms with E-state index < -0.39 is 0 Å². The highest BCUT2D eigenvalue weighted by Crippen LogP contribution is 2.23. The van der Waals surface area contributed by atoms with Crippen molar-refractivity contribution < 1.29 is 4.79 Å². The lowest BCUT2D eigenvalue weighted by atomic mass is 9.97. The van der Waals surface area contributed by atoms with Crippen LogP contribution in [0.5, 0.6) is 0 Å². The molecule has 6 heteroatoms. The van der Waals surface area contributed by atoms with Gasteiger partial charge < -0.3 is 5.32 Å². The number of benzene rings is 2. The third kappa shape index (κ3) is 5.07. The molecule has 0 fully saturated rings. The summed E-state index contributed by atoms with van der Waals surface area (Å²) >= 11 is 1.30. The fourth-order valence-corrected chi connectivity index (χ4v) is 4.75. The van der Waals surface area contributed by atoms with E-state index in [4.69, 9.17) is 4.98 Å². The number of amides is 1. The first-order valence-electron chi connectivity index (χ1n) is 10.8. The van der Waals surface area contributed by atoms with Crippen LogP contribution in [0.1, 0.15) is 37.7 Å². The Morgan fingerprint density at radius 1 is 1.13 bits per heavy atom. The molecular formula is C25H27N3O2S. The number of aryl methyl sites for hydroxylation is 1. The van der Waals surface area contributed by atoms with Gasteiger partial charge in [-0.05, 0) is 62.8 Å². The fraction of sp³-hybridized carbons (Fsp3) is 0.320. The maximum atomic E-state index is 13.3. The molecule has 0 aliphatic heterocycles. The molecule has 0 saturated carbocycles. The third-order valence-electron chi connectivity index (χ3n) is 5.59. The van der Waals surface area contributed by atoms with Gasteiger partial charge in [0.05, 0.1) is 22.3 Å². The maximum absolute atomic E-state index is 13.3. The second kappa shape index (κ2) is 9.96. The Labute approximate surface area is 186 Å². The number of carbonyl (C=O) groups is 1. The Hall–Kier alpha value is -2.86. The molecule has 1 heterocycles. The summed E-state index contributed by atoms with van der Waals surface area (Å²) < 4.78 is 1.63. The molecule has 2 aromatic carbocycles. The van der Waals surface area contributed by atoms with E-state index in [9.17, 15) is 9.59 Å². The summed E-state index contributed by atoms with van der Waals surface area (Å²) in [6, 6.07) is 15.1. The molecular weight excluding hydrogens is 406 g/mol. The van der Waals surface area contributed by atoms with Crippen molar-refractivity contribution in [2.75, 3.05) is 12.3 Å². The van der Waals surface area contributed by atoms with Gasteiger partial charge in [-0.3, -0.25) is 14.2 Å². The number of allylic oxidation sites excluding steroid dienone is 1. The normalized spacial score (nSPS) is 13.8. The second-order valence-corrected chi connectivity index (χ2v) is 8.78. The minimum absolute atomic E-state index is 0.0415. The average molecular weight is 434 g/mol. The number of nitrogens with zero attached hydrogens (tertiary/aromatic N) is 2. The molecule has 1 aromatic heterocycles. The quantitative estimate of drug-likeness (QED) is 0.330. The second-order valence-electron chi connectivity index (χ2n) is 7.84. The lowest BCUT2D eigenvalue weighted by molar-refractivity contribution is -0.118. The summed E-state index contributed by atoms with van der Waals surface area (Å²) in [5.74, 6) is 0.176. The van der Waals surface area contributed by atoms with E-state index in [-0.39, 0.29) is 17.2 Å². The minimum atomic E-state index is -0.118. The van der Waals surface area contributed by atoms with E-state index in [1.807, 2.05) is 49.4 Å². The van der Waals surface area contributed by atoms with Gasteiger partial charge in [-0.1, -0.05) is 53.7 Å². The molecule has 0 radical (unpaired) electrons. The van der Waals surface area contributed by atoms with Crippen molar-refractivity contribution >= 4 is 28.6 Å². The molecule has 1 N–H and O–H groups in total. The van der Waals surface area contributed by atoms with Crippen LogP contribution in [0.3, 0.4) is 0 Å². The number of hydrogen-bond donors (Lipinski definition) is 1. The maximum Gasteiger partial charge on any atom is 0.266 e. The van der Waals surface area contributed by atoms with E-state index in [1.54, 1.807) is 10.6 Å². The zero-order valence-electron chi connectivity index (χ0n) is 17.8. The number of para-hydroxylation sites is 2. The fourth-order valence-electron chi connectivity index (χ4n) is 3.91. The predicted octanol–water partition coefficient (Wildman–Crippen LogP) is 4.79. The van der Waals surface area contributed by atoms with Crippen LogP contribution in [0.2, 0.25) is 0 Å². The van der Waals surface area contributed by atoms with E-state index >= 15 is 0 Å². The van der Waals surface area contributed by atoms with Gasteiger partial charge in [-0.2, -0.15) is 0 Å². The molecule has 160 valence electrons. The van der Waals surface area contributed by atoms with Crippen LogP contribution in [0.25, 0.3) is 16.6 Å². The van der Waals surface area contributed by atoms with Gasteiger partial charge in [0.15, 0.2) is 5.16 Å². The Balaban J connectivity index is 1.53. The Morgan fingerprint density at radius 3 is 2.74 bits per heavy atom. The molecule has 0 atom stereocenters. The minimum Gasteiger partial charge on any atom is -0.355 e. The van der Waals surface area contributed by atoms with Crippen LogP contribution in [-0.4, -0.2) is 27.8 Å². The van der Waals surface area contributed by atoms with Gasteiger partial charge in [0.25, 0.3) is 5.56 Å². The predicted molar refractivity (Wildman–Crippen MR) is 127 cm³/mol. The van der Waals surface area contributed by atoms with Crippen molar-refractivity contribution in [3.63, 3.8) is 0 Å². The number of hydrogen-bond acceptors (Lipinski definition) is 4. The first-order valence-corrected chi connectivity index (χ1v) is 11.8. The lowest BCUT2D eigenvalue weighted by Gasteiger charge is -2.15. The zero-order chi connectivity index (χ0) is 21.6. The van der Waals surface area contributed by atoms with Crippen LogP contribution < -0.4 is 10.9 Å². The van der Waals surface area contributed by atoms with Crippen molar-refractivity contribution in [3.8, 4) is 5.69 Å². The summed E-state index contributed by atoms with van der Waals surface area (Å²) in [4.78, 5) is 30.5. The average Bonchev–Trinajstić information content (AvgIpc) is 2.79. The van der Waals surface area contributed by atoms with E-state index in [0.29, 0.717) is 22.6 Å². The number of rotatable bonds is 7. The Bertz CT molecular complexity index is 1180. The largest absolute Gasteiger partial charge is 0.355 e. The van der Waals surface area contributed by atoms with Gasteiger partial charge in [0.2, 0.25) is 5.91 Å². The molecule has 0 unspecified atom stereocenters. The molecule has 5 nitrogen and oxygen atoms in total. The highest BCUT2D eigenvalue weighted by molar-refractivity contribution is 7.99. The smallest absolute Gasteiger partial charge is 0.266 e.